The summed E-state index contributed by atoms with van der Waals surface area (Å²) in [5.74, 6) is 5.48. The fourth-order valence-corrected chi connectivity index (χ4v) is 2.89. The molecule has 0 spiro atoms. The first-order valence-corrected chi connectivity index (χ1v) is 7.17. The van der Waals surface area contributed by atoms with Crippen molar-refractivity contribution in [3.8, 4) is 11.8 Å². The van der Waals surface area contributed by atoms with Crippen molar-refractivity contribution in [2.45, 2.75) is 31.7 Å². The van der Waals surface area contributed by atoms with Crippen molar-refractivity contribution in [2.75, 3.05) is 6.54 Å². The van der Waals surface area contributed by atoms with Crippen molar-refractivity contribution in [1.29, 1.82) is 0 Å². The second-order valence-electron chi connectivity index (χ2n) is 4.28. The highest BCUT2D eigenvalue weighted by Gasteiger charge is 2.18. The maximum atomic E-state index is 12.1. The molecule has 0 saturated carbocycles. The lowest BCUT2D eigenvalue weighted by Crippen LogP contribution is -2.30. The molecule has 0 aromatic heterocycles. The Kier molecular flexibility index (Phi) is 4.91. The number of sulfonamides is 1. The molecule has 18 heavy (non-hydrogen) atoms. The molecule has 3 N–H and O–H groups in total. The first kappa shape index (κ1) is 14.7. The fraction of sp³-hybridized carbons (Fsp3) is 0.385. The Morgan fingerprint density at radius 3 is 2.61 bits per heavy atom. The monoisotopic (exact) mass is 266 g/mol. The molecule has 0 heterocycles. The summed E-state index contributed by atoms with van der Waals surface area (Å²) in [6.07, 6.45) is 0. The van der Waals surface area contributed by atoms with Crippen molar-refractivity contribution in [3.05, 3.63) is 29.3 Å². The van der Waals surface area contributed by atoms with Gasteiger partial charge in [0.05, 0.1) is 11.4 Å². The van der Waals surface area contributed by atoms with Gasteiger partial charge >= 0.3 is 0 Å². The number of rotatable bonds is 3. The molecule has 98 valence electrons. The average Bonchev–Trinajstić information content (AvgIpc) is 2.24. The molecule has 0 radical (unpaired) electrons. The fourth-order valence-electron chi connectivity index (χ4n) is 1.50. The van der Waals surface area contributed by atoms with Gasteiger partial charge < -0.3 is 5.73 Å². The number of hydrogen-bond acceptors (Lipinski definition) is 3. The van der Waals surface area contributed by atoms with Gasteiger partial charge in [0.2, 0.25) is 10.0 Å². The highest BCUT2D eigenvalue weighted by atomic mass is 32.2. The number of aryl methyl sites for hydroxylation is 1. The number of benzene rings is 1. The minimum absolute atomic E-state index is 0.161. The predicted octanol–water partition coefficient (Wildman–Crippen LogP) is 0.992. The van der Waals surface area contributed by atoms with Crippen molar-refractivity contribution in [2.24, 2.45) is 5.73 Å². The summed E-state index contributed by atoms with van der Waals surface area (Å²) >= 11 is 0. The smallest absolute Gasteiger partial charge is 0.242 e. The topological polar surface area (TPSA) is 72.2 Å². The standard InChI is InChI=1S/C13H18N2O2S/c1-10(2)15-18(16,17)13-7-6-11(3)9-12(13)5-4-8-14/h6-7,9-10,15H,8,14H2,1-3H3. The Labute approximate surface area is 109 Å². The number of hydrogen-bond donors (Lipinski definition) is 2. The van der Waals surface area contributed by atoms with Crippen LogP contribution in [-0.4, -0.2) is 21.0 Å². The van der Waals surface area contributed by atoms with Crippen LogP contribution >= 0.6 is 0 Å². The Morgan fingerprint density at radius 1 is 1.39 bits per heavy atom. The van der Waals surface area contributed by atoms with Gasteiger partial charge in [-0.15, -0.1) is 0 Å². The van der Waals surface area contributed by atoms with Crippen LogP contribution in [0.2, 0.25) is 0 Å². The van der Waals surface area contributed by atoms with Crippen LogP contribution in [0.3, 0.4) is 0 Å². The summed E-state index contributed by atoms with van der Waals surface area (Å²) in [5, 5.41) is 0. The lowest BCUT2D eigenvalue weighted by Gasteiger charge is -2.11. The molecule has 4 nitrogen and oxygen atoms in total. The molecule has 0 fully saturated rings. The molecule has 0 bridgehead atoms. The molecule has 0 saturated heterocycles. The minimum atomic E-state index is -3.53. The summed E-state index contributed by atoms with van der Waals surface area (Å²) in [7, 11) is -3.53. The molecule has 1 aromatic carbocycles. The van der Waals surface area contributed by atoms with E-state index in [-0.39, 0.29) is 17.5 Å². The van der Waals surface area contributed by atoms with Crippen LogP contribution in [-0.2, 0) is 10.0 Å². The number of nitrogens with one attached hydrogen (secondary N) is 1. The normalized spacial score (nSPS) is 11.2. The second kappa shape index (κ2) is 6.01. The zero-order valence-corrected chi connectivity index (χ0v) is 11.6. The quantitative estimate of drug-likeness (QED) is 0.801. The van der Waals surface area contributed by atoms with Gasteiger partial charge in [0.15, 0.2) is 0 Å². The summed E-state index contributed by atoms with van der Waals surface area (Å²) in [6.45, 7) is 5.64. The van der Waals surface area contributed by atoms with Gasteiger partial charge in [-0.25, -0.2) is 13.1 Å². The molecule has 0 aliphatic heterocycles. The Balaban J connectivity index is 3.32. The molecule has 0 atom stereocenters. The van der Waals surface area contributed by atoms with Crippen molar-refractivity contribution in [1.82, 2.24) is 4.72 Å². The van der Waals surface area contributed by atoms with Crippen LogP contribution in [0.1, 0.15) is 25.0 Å². The summed E-state index contributed by atoms with van der Waals surface area (Å²) in [5.41, 5.74) is 6.75. The molecule has 1 aromatic rings. The minimum Gasteiger partial charge on any atom is -0.320 e. The summed E-state index contributed by atoms with van der Waals surface area (Å²) < 4.78 is 26.8. The third-order valence-electron chi connectivity index (χ3n) is 2.14. The van der Waals surface area contributed by atoms with Crippen LogP contribution in [0.25, 0.3) is 0 Å². The van der Waals surface area contributed by atoms with E-state index in [1.54, 1.807) is 32.0 Å². The Hall–Kier alpha value is -1.35. The lowest BCUT2D eigenvalue weighted by atomic mass is 10.1. The van der Waals surface area contributed by atoms with Gasteiger partial charge in [-0.3, -0.25) is 0 Å². The van der Waals surface area contributed by atoms with Crippen LogP contribution in [0.5, 0.6) is 0 Å². The molecule has 1 rings (SSSR count). The van der Waals surface area contributed by atoms with E-state index in [9.17, 15) is 8.42 Å². The molecule has 0 aliphatic carbocycles. The lowest BCUT2D eigenvalue weighted by molar-refractivity contribution is 0.569. The SMILES string of the molecule is Cc1ccc(S(=O)(=O)NC(C)C)c(C#CCN)c1. The number of nitrogens with two attached hydrogens (primary N) is 1. The maximum Gasteiger partial charge on any atom is 0.242 e. The van der Waals surface area contributed by atoms with E-state index < -0.39 is 10.0 Å². The van der Waals surface area contributed by atoms with Crippen LogP contribution < -0.4 is 10.5 Å². The Bertz CT molecular complexity index is 581. The van der Waals surface area contributed by atoms with Gasteiger partial charge in [0.1, 0.15) is 0 Å². The molecular formula is C13H18N2O2S. The highest BCUT2D eigenvalue weighted by Crippen LogP contribution is 2.16. The van der Waals surface area contributed by atoms with Crippen molar-refractivity contribution >= 4 is 10.0 Å². The average molecular weight is 266 g/mol. The van der Waals surface area contributed by atoms with Gasteiger partial charge in [-0.2, -0.15) is 0 Å². The predicted molar refractivity (Wildman–Crippen MR) is 72.6 cm³/mol. The zero-order valence-electron chi connectivity index (χ0n) is 10.8. The van der Waals surface area contributed by atoms with E-state index >= 15 is 0 Å². The highest BCUT2D eigenvalue weighted by molar-refractivity contribution is 7.89. The molecule has 0 unspecified atom stereocenters. The molecule has 0 amide bonds. The first-order valence-electron chi connectivity index (χ1n) is 5.68. The largest absolute Gasteiger partial charge is 0.320 e. The van der Waals surface area contributed by atoms with E-state index in [2.05, 4.69) is 16.6 Å². The van der Waals surface area contributed by atoms with E-state index in [0.717, 1.165) is 5.56 Å². The van der Waals surface area contributed by atoms with Crippen LogP contribution in [0.4, 0.5) is 0 Å². The zero-order chi connectivity index (χ0) is 13.8. The third-order valence-corrected chi connectivity index (χ3v) is 3.86. The van der Waals surface area contributed by atoms with Gasteiger partial charge in [-0.05, 0) is 38.5 Å². The van der Waals surface area contributed by atoms with E-state index in [4.69, 9.17) is 5.73 Å². The molecule has 5 heteroatoms. The third kappa shape index (κ3) is 3.84. The summed E-state index contributed by atoms with van der Waals surface area (Å²) in [6, 6.07) is 4.91. The van der Waals surface area contributed by atoms with Crippen LogP contribution in [0.15, 0.2) is 23.1 Å². The van der Waals surface area contributed by atoms with Gasteiger partial charge in [0.25, 0.3) is 0 Å². The first-order chi connectivity index (χ1) is 8.36. The van der Waals surface area contributed by atoms with Crippen LogP contribution in [0, 0.1) is 18.8 Å². The van der Waals surface area contributed by atoms with Gasteiger partial charge in [0, 0.05) is 11.6 Å². The second-order valence-corrected chi connectivity index (χ2v) is 5.96. The Morgan fingerprint density at radius 2 is 2.06 bits per heavy atom. The van der Waals surface area contributed by atoms with Crippen molar-refractivity contribution < 1.29 is 8.42 Å². The van der Waals surface area contributed by atoms with E-state index in [1.165, 1.54) is 0 Å². The molecule has 0 aliphatic rings. The maximum absolute atomic E-state index is 12.1. The summed E-state index contributed by atoms with van der Waals surface area (Å²) in [4.78, 5) is 0.197. The molecular weight excluding hydrogens is 248 g/mol. The van der Waals surface area contributed by atoms with E-state index in [0.29, 0.717) is 5.56 Å². The van der Waals surface area contributed by atoms with E-state index in [1.807, 2.05) is 6.92 Å². The van der Waals surface area contributed by atoms with Gasteiger partial charge in [-0.1, -0.05) is 17.9 Å². The van der Waals surface area contributed by atoms with Crippen molar-refractivity contribution in [3.63, 3.8) is 0 Å².